The van der Waals surface area contributed by atoms with Gasteiger partial charge in [0.05, 0.1) is 6.54 Å². The average Bonchev–Trinajstić information content (AvgIpc) is 3.05. The second-order valence-corrected chi connectivity index (χ2v) is 5.33. The van der Waals surface area contributed by atoms with E-state index in [-0.39, 0.29) is 5.69 Å². The average molecular weight is 265 g/mol. The molecule has 0 spiro atoms. The molecule has 0 saturated carbocycles. The normalized spacial score (nSPS) is 13.8. The van der Waals surface area contributed by atoms with Crippen molar-refractivity contribution in [1.82, 2.24) is 14.2 Å². The molecule has 0 unspecified atom stereocenters. The number of hydrogen-bond acceptors (Lipinski definition) is 2. The first-order valence-corrected chi connectivity index (χ1v) is 6.96. The Morgan fingerprint density at radius 2 is 2.00 bits per heavy atom. The molecule has 0 radical (unpaired) electrons. The lowest BCUT2D eigenvalue weighted by Crippen LogP contribution is -2.21. The van der Waals surface area contributed by atoms with Gasteiger partial charge in [0.15, 0.2) is 5.65 Å². The summed E-state index contributed by atoms with van der Waals surface area (Å²) in [5.74, 6) is 0. The Morgan fingerprint density at radius 3 is 2.90 bits per heavy atom. The zero-order chi connectivity index (χ0) is 13.5. The summed E-state index contributed by atoms with van der Waals surface area (Å²) < 4.78 is 3.11. The SMILES string of the molecule is O=c1n(Cc2ccc3c(c2)CCC3)nc2ccccn12. The molecule has 4 rings (SSSR count). The number of benzene rings is 1. The number of hydrogen-bond donors (Lipinski definition) is 0. The number of rotatable bonds is 2. The van der Waals surface area contributed by atoms with Crippen molar-refractivity contribution in [1.29, 1.82) is 0 Å². The van der Waals surface area contributed by atoms with Gasteiger partial charge in [-0.25, -0.2) is 9.48 Å². The number of aromatic nitrogens is 3. The van der Waals surface area contributed by atoms with Crippen LogP contribution in [0.1, 0.15) is 23.1 Å². The van der Waals surface area contributed by atoms with E-state index >= 15 is 0 Å². The second kappa shape index (κ2) is 4.34. The molecule has 1 aliphatic rings. The molecule has 3 aromatic rings. The van der Waals surface area contributed by atoms with Gasteiger partial charge in [-0.05, 0) is 48.1 Å². The van der Waals surface area contributed by atoms with E-state index in [4.69, 9.17) is 0 Å². The maximum absolute atomic E-state index is 12.2. The summed E-state index contributed by atoms with van der Waals surface area (Å²) in [6.07, 6.45) is 5.34. The molecule has 0 N–H and O–H groups in total. The van der Waals surface area contributed by atoms with Gasteiger partial charge < -0.3 is 0 Å². The highest BCUT2D eigenvalue weighted by Crippen LogP contribution is 2.22. The van der Waals surface area contributed by atoms with E-state index in [1.807, 2.05) is 18.2 Å². The lowest BCUT2D eigenvalue weighted by molar-refractivity contribution is 0.658. The fourth-order valence-corrected chi connectivity index (χ4v) is 2.97. The van der Waals surface area contributed by atoms with Crippen LogP contribution in [-0.4, -0.2) is 14.2 Å². The minimum atomic E-state index is -0.0823. The van der Waals surface area contributed by atoms with Gasteiger partial charge in [0.2, 0.25) is 0 Å². The van der Waals surface area contributed by atoms with Crippen molar-refractivity contribution in [2.75, 3.05) is 0 Å². The third-order valence-electron chi connectivity index (χ3n) is 3.98. The van der Waals surface area contributed by atoms with Crippen molar-refractivity contribution in [3.63, 3.8) is 0 Å². The van der Waals surface area contributed by atoms with E-state index in [2.05, 4.69) is 23.3 Å². The summed E-state index contributed by atoms with van der Waals surface area (Å²) in [5, 5.41) is 4.37. The fraction of sp³-hybridized carbons (Fsp3) is 0.250. The van der Waals surface area contributed by atoms with E-state index in [1.54, 1.807) is 10.6 Å². The molecular weight excluding hydrogens is 250 g/mol. The second-order valence-electron chi connectivity index (χ2n) is 5.33. The van der Waals surface area contributed by atoms with Gasteiger partial charge in [-0.3, -0.25) is 4.40 Å². The van der Waals surface area contributed by atoms with Gasteiger partial charge in [0, 0.05) is 6.20 Å². The summed E-state index contributed by atoms with van der Waals surface area (Å²) >= 11 is 0. The number of aryl methyl sites for hydroxylation is 2. The van der Waals surface area contributed by atoms with Gasteiger partial charge in [0.25, 0.3) is 0 Å². The van der Waals surface area contributed by atoms with Crippen molar-refractivity contribution in [2.24, 2.45) is 0 Å². The number of pyridine rings is 1. The highest BCUT2D eigenvalue weighted by atomic mass is 16.2. The minimum absolute atomic E-state index is 0.0823. The molecule has 20 heavy (non-hydrogen) atoms. The molecule has 1 aliphatic carbocycles. The van der Waals surface area contributed by atoms with E-state index in [9.17, 15) is 4.79 Å². The Bertz CT molecular complexity index is 844. The summed E-state index contributed by atoms with van der Waals surface area (Å²) in [7, 11) is 0. The Labute approximate surface area is 116 Å². The first-order chi connectivity index (χ1) is 9.81. The van der Waals surface area contributed by atoms with E-state index in [0.29, 0.717) is 12.2 Å². The standard InChI is InChI=1S/C16H15N3O/c20-16-18-9-2-1-6-15(18)17-19(16)11-12-7-8-13-4-3-5-14(13)10-12/h1-2,6-10H,3-5,11H2. The Kier molecular flexibility index (Phi) is 2.49. The summed E-state index contributed by atoms with van der Waals surface area (Å²) in [4.78, 5) is 12.2. The fourth-order valence-electron chi connectivity index (χ4n) is 2.97. The number of fused-ring (bicyclic) bond motifs is 2. The highest BCUT2D eigenvalue weighted by Gasteiger charge is 2.12. The maximum Gasteiger partial charge on any atom is 0.350 e. The summed E-state index contributed by atoms with van der Waals surface area (Å²) in [5.41, 5.74) is 4.64. The lowest BCUT2D eigenvalue weighted by atomic mass is 10.1. The van der Waals surface area contributed by atoms with Crippen LogP contribution in [0.5, 0.6) is 0 Å². The summed E-state index contributed by atoms with van der Waals surface area (Å²) in [6, 6.07) is 12.1. The maximum atomic E-state index is 12.2. The Balaban J connectivity index is 1.74. The zero-order valence-electron chi connectivity index (χ0n) is 11.1. The zero-order valence-corrected chi connectivity index (χ0v) is 11.1. The van der Waals surface area contributed by atoms with Crippen LogP contribution in [0.15, 0.2) is 47.4 Å². The third-order valence-corrected chi connectivity index (χ3v) is 3.98. The molecule has 100 valence electrons. The van der Waals surface area contributed by atoms with Gasteiger partial charge in [-0.1, -0.05) is 24.3 Å². The molecule has 0 amide bonds. The van der Waals surface area contributed by atoms with Crippen molar-refractivity contribution < 1.29 is 0 Å². The Morgan fingerprint density at radius 1 is 1.10 bits per heavy atom. The highest BCUT2D eigenvalue weighted by molar-refractivity contribution is 5.37. The van der Waals surface area contributed by atoms with Crippen LogP contribution in [0.4, 0.5) is 0 Å². The summed E-state index contributed by atoms with van der Waals surface area (Å²) in [6.45, 7) is 0.536. The quantitative estimate of drug-likeness (QED) is 0.711. The van der Waals surface area contributed by atoms with Crippen LogP contribution in [0.2, 0.25) is 0 Å². The molecule has 4 heteroatoms. The predicted molar refractivity (Wildman–Crippen MR) is 77.0 cm³/mol. The Hall–Kier alpha value is -2.36. The molecule has 0 atom stereocenters. The first-order valence-electron chi connectivity index (χ1n) is 6.96. The van der Waals surface area contributed by atoms with Crippen LogP contribution in [0.3, 0.4) is 0 Å². The van der Waals surface area contributed by atoms with Gasteiger partial charge >= 0.3 is 5.69 Å². The molecule has 4 nitrogen and oxygen atoms in total. The van der Waals surface area contributed by atoms with Crippen molar-refractivity contribution in [3.8, 4) is 0 Å². The van der Waals surface area contributed by atoms with Gasteiger partial charge in [-0.2, -0.15) is 0 Å². The van der Waals surface area contributed by atoms with Crippen LogP contribution in [-0.2, 0) is 19.4 Å². The molecule has 0 saturated heterocycles. The van der Waals surface area contributed by atoms with Crippen LogP contribution < -0.4 is 5.69 Å². The van der Waals surface area contributed by atoms with Crippen LogP contribution in [0, 0.1) is 0 Å². The van der Waals surface area contributed by atoms with E-state index in [0.717, 1.165) is 12.0 Å². The number of nitrogens with zero attached hydrogens (tertiary/aromatic N) is 3. The molecule has 2 heterocycles. The van der Waals surface area contributed by atoms with Crippen LogP contribution >= 0.6 is 0 Å². The molecular formula is C16H15N3O. The molecule has 2 aromatic heterocycles. The molecule has 0 fully saturated rings. The van der Waals surface area contributed by atoms with Crippen molar-refractivity contribution >= 4 is 5.65 Å². The molecule has 1 aromatic carbocycles. The molecule has 0 bridgehead atoms. The predicted octanol–water partition coefficient (Wildman–Crippen LogP) is 2.03. The third kappa shape index (κ3) is 1.76. The molecule has 0 aliphatic heterocycles. The van der Waals surface area contributed by atoms with Gasteiger partial charge in [-0.15, -0.1) is 5.10 Å². The van der Waals surface area contributed by atoms with Crippen molar-refractivity contribution in [2.45, 2.75) is 25.8 Å². The van der Waals surface area contributed by atoms with Crippen molar-refractivity contribution in [3.05, 3.63) is 69.8 Å². The van der Waals surface area contributed by atoms with Gasteiger partial charge in [0.1, 0.15) is 0 Å². The largest absolute Gasteiger partial charge is 0.350 e. The van der Waals surface area contributed by atoms with E-state index < -0.39 is 0 Å². The first kappa shape index (κ1) is 11.5. The van der Waals surface area contributed by atoms with E-state index in [1.165, 1.54) is 28.7 Å². The monoisotopic (exact) mass is 265 g/mol. The topological polar surface area (TPSA) is 39.3 Å². The minimum Gasteiger partial charge on any atom is -0.250 e. The smallest absolute Gasteiger partial charge is 0.250 e. The lowest BCUT2D eigenvalue weighted by Gasteiger charge is -2.04. The van der Waals surface area contributed by atoms with Crippen LogP contribution in [0.25, 0.3) is 5.65 Å².